The van der Waals surface area contributed by atoms with E-state index < -0.39 is 0 Å². The molecule has 21 aromatic rings. The van der Waals surface area contributed by atoms with Crippen molar-refractivity contribution in [2.24, 2.45) is 0 Å². The van der Waals surface area contributed by atoms with Gasteiger partial charge in [-0.05, 0) is 131 Å². The van der Waals surface area contributed by atoms with Crippen molar-refractivity contribution >= 4 is 87.2 Å². The summed E-state index contributed by atoms with van der Waals surface area (Å²) in [6.45, 7) is 0. The molecular weight excluding hydrogens is 1290 g/mol. The fourth-order valence-electron chi connectivity index (χ4n) is 15.4. The predicted molar refractivity (Wildman–Crippen MR) is 435 cm³/mol. The molecule has 0 fully saturated rings. The number of benzene rings is 15. The van der Waals surface area contributed by atoms with Gasteiger partial charge in [-0.2, -0.15) is 9.97 Å². The van der Waals surface area contributed by atoms with E-state index in [4.69, 9.17) is 29.9 Å². The maximum absolute atomic E-state index is 5.08. The predicted octanol–water partition coefficient (Wildman–Crippen LogP) is 23.8. The van der Waals surface area contributed by atoms with Crippen LogP contribution in [0.5, 0.6) is 0 Å². The van der Waals surface area contributed by atoms with Crippen molar-refractivity contribution in [3.63, 3.8) is 0 Å². The van der Waals surface area contributed by atoms with Crippen molar-refractivity contribution in [2.75, 3.05) is 0 Å². The SMILES string of the molecule is c1ccc(-c2nc(-c3ccccc3)nc(-c3ccc(-n4c5ccccc5c5ccc(-c6ccc7c(c6)c6ccccc6n7-c6ccccc6)cc54)cc3)n2)cc1.c1ccc(-c2nc(-c3ccccc3)nc(-n3c4ccccc4c4cc(-c5ccc6c7ccccc7n(-c7ccccc7)c6c5)ccc43)n2)cc1. The molecule has 21 rings (SSSR count). The first-order valence-electron chi connectivity index (χ1n) is 35.7. The van der Waals surface area contributed by atoms with E-state index in [2.05, 4.69) is 273 Å². The van der Waals surface area contributed by atoms with Crippen molar-refractivity contribution in [1.82, 2.24) is 48.2 Å². The smallest absolute Gasteiger partial charge is 0.238 e. The number of rotatable bonds is 11. The zero-order valence-corrected chi connectivity index (χ0v) is 57.3. The summed E-state index contributed by atoms with van der Waals surface area (Å²) in [5.41, 5.74) is 21.9. The molecular formula is C96H62N10. The minimum absolute atomic E-state index is 0.588. The fourth-order valence-corrected chi connectivity index (χ4v) is 15.4. The number of para-hydroxylation sites is 6. The van der Waals surface area contributed by atoms with Crippen LogP contribution in [0.1, 0.15) is 0 Å². The lowest BCUT2D eigenvalue weighted by atomic mass is 10.0. The van der Waals surface area contributed by atoms with Crippen molar-refractivity contribution in [3.05, 3.63) is 376 Å². The Hall–Kier alpha value is -14.5. The van der Waals surface area contributed by atoms with Crippen molar-refractivity contribution in [3.8, 4) is 102 Å². The summed E-state index contributed by atoms with van der Waals surface area (Å²) >= 11 is 0. The summed E-state index contributed by atoms with van der Waals surface area (Å²) < 4.78 is 9.27. The summed E-state index contributed by atoms with van der Waals surface area (Å²) in [5.74, 6) is 3.80. The highest BCUT2D eigenvalue weighted by molar-refractivity contribution is 6.14. The van der Waals surface area contributed by atoms with Crippen molar-refractivity contribution in [2.45, 2.75) is 0 Å². The Morgan fingerprint density at radius 3 is 0.755 bits per heavy atom. The highest BCUT2D eigenvalue weighted by Crippen LogP contribution is 2.42. The summed E-state index contributed by atoms with van der Waals surface area (Å²) in [5, 5.41) is 9.69. The molecule has 0 aliphatic carbocycles. The third kappa shape index (κ3) is 10.7. The molecule has 10 heteroatoms. The normalized spacial score (nSPS) is 11.6. The summed E-state index contributed by atoms with van der Waals surface area (Å²) in [7, 11) is 0. The van der Waals surface area contributed by atoms with Gasteiger partial charge in [0.05, 0.1) is 44.1 Å². The largest absolute Gasteiger partial charge is 0.309 e. The van der Waals surface area contributed by atoms with Gasteiger partial charge in [0.1, 0.15) is 0 Å². The van der Waals surface area contributed by atoms with Gasteiger partial charge in [0.15, 0.2) is 29.1 Å². The monoisotopic (exact) mass is 1350 g/mol. The van der Waals surface area contributed by atoms with Crippen LogP contribution in [0.2, 0.25) is 0 Å². The standard InChI is InChI=1S/C51H33N5.C45H29N5/c1-4-14-34(15-5-1)49-52-50(35-16-6-2-7-17-35)54-51(53-49)36-24-28-40(29-25-36)56-45-22-12-10-20-41(45)43-30-26-38(33-48(43)56)37-27-31-47-44(32-37)42-21-11-13-23-46(42)55(47)39-18-8-3-9-19-39;1-4-14-30(15-5-1)43-46-44(31-16-6-2-7-17-31)48-45(47-43)50-40-23-13-11-21-36(40)38-28-32(25-27-41(38)50)33-24-26-37-35-20-10-12-22-39(35)49(42(37)29-33)34-18-8-3-9-19-34/h1-33H;1-29H. The molecule has 0 N–H and O–H groups in total. The highest BCUT2D eigenvalue weighted by Gasteiger charge is 2.22. The van der Waals surface area contributed by atoms with Crippen LogP contribution in [0.3, 0.4) is 0 Å². The second-order valence-corrected chi connectivity index (χ2v) is 26.6. The minimum atomic E-state index is 0.588. The van der Waals surface area contributed by atoms with Crippen LogP contribution in [0.15, 0.2) is 376 Å². The third-order valence-corrected chi connectivity index (χ3v) is 20.4. The molecule has 0 atom stereocenters. The summed E-state index contributed by atoms with van der Waals surface area (Å²) in [4.78, 5) is 29.9. The van der Waals surface area contributed by atoms with Gasteiger partial charge in [-0.1, -0.05) is 267 Å². The van der Waals surface area contributed by atoms with Crippen molar-refractivity contribution < 1.29 is 0 Å². The van der Waals surface area contributed by atoms with Gasteiger partial charge >= 0.3 is 0 Å². The Balaban J connectivity index is 0.000000141. The van der Waals surface area contributed by atoms with Crippen LogP contribution >= 0.6 is 0 Å². The van der Waals surface area contributed by atoms with E-state index in [0.717, 1.165) is 88.8 Å². The molecule has 0 saturated carbocycles. The Labute approximate surface area is 610 Å². The fraction of sp³-hybridized carbons (Fsp3) is 0. The van der Waals surface area contributed by atoms with Gasteiger partial charge in [-0.15, -0.1) is 0 Å². The second-order valence-electron chi connectivity index (χ2n) is 26.6. The highest BCUT2D eigenvalue weighted by atomic mass is 15.2. The van der Waals surface area contributed by atoms with Crippen molar-refractivity contribution in [1.29, 1.82) is 0 Å². The van der Waals surface area contributed by atoms with Crippen LogP contribution in [-0.2, 0) is 0 Å². The van der Waals surface area contributed by atoms with E-state index >= 15 is 0 Å². The Morgan fingerprint density at radius 1 is 0.142 bits per heavy atom. The first-order valence-corrected chi connectivity index (χ1v) is 35.7. The van der Waals surface area contributed by atoms with Gasteiger partial charge in [-0.25, -0.2) is 19.9 Å². The molecule has 0 aliphatic heterocycles. The third-order valence-electron chi connectivity index (χ3n) is 20.4. The average molecular weight is 1360 g/mol. The Morgan fingerprint density at radius 2 is 0.377 bits per heavy atom. The van der Waals surface area contributed by atoms with E-state index in [9.17, 15) is 0 Å². The van der Waals surface area contributed by atoms with E-state index in [1.807, 2.05) is 121 Å². The topological polar surface area (TPSA) is 97.1 Å². The van der Waals surface area contributed by atoms with E-state index in [1.165, 1.54) is 65.5 Å². The number of hydrogen-bond donors (Lipinski definition) is 0. The lowest BCUT2D eigenvalue weighted by Gasteiger charge is -2.11. The molecule has 0 aliphatic rings. The quantitative estimate of drug-likeness (QED) is 0.128. The Bertz CT molecular complexity index is 6790. The van der Waals surface area contributed by atoms with Gasteiger partial charge in [-0.3, -0.25) is 4.57 Å². The molecule has 106 heavy (non-hydrogen) atoms. The maximum Gasteiger partial charge on any atom is 0.238 e. The average Bonchev–Trinajstić information content (AvgIpc) is 1.61. The molecule has 10 nitrogen and oxygen atoms in total. The minimum Gasteiger partial charge on any atom is -0.309 e. The lowest BCUT2D eigenvalue weighted by Crippen LogP contribution is -2.06. The second kappa shape index (κ2) is 25.8. The molecule has 0 bridgehead atoms. The number of fused-ring (bicyclic) bond motifs is 12. The number of aromatic nitrogens is 10. The molecule has 6 heterocycles. The number of nitrogens with zero attached hydrogens (tertiary/aromatic N) is 10. The van der Waals surface area contributed by atoms with E-state index in [1.54, 1.807) is 0 Å². The van der Waals surface area contributed by atoms with Crippen LogP contribution in [0, 0.1) is 0 Å². The van der Waals surface area contributed by atoms with Gasteiger partial charge in [0, 0.05) is 88.0 Å². The van der Waals surface area contributed by atoms with Crippen LogP contribution in [0.4, 0.5) is 0 Å². The molecule has 6 aromatic heterocycles. The number of hydrogen-bond acceptors (Lipinski definition) is 6. The van der Waals surface area contributed by atoms with E-state index in [-0.39, 0.29) is 0 Å². The summed E-state index contributed by atoms with van der Waals surface area (Å²) in [6, 6.07) is 132. The van der Waals surface area contributed by atoms with Crippen LogP contribution in [-0.4, -0.2) is 48.2 Å². The molecule has 15 aromatic carbocycles. The van der Waals surface area contributed by atoms with Crippen LogP contribution in [0.25, 0.3) is 189 Å². The maximum atomic E-state index is 5.08. The van der Waals surface area contributed by atoms with Crippen LogP contribution < -0.4 is 0 Å². The van der Waals surface area contributed by atoms with Gasteiger partial charge in [0.2, 0.25) is 5.95 Å². The molecule has 0 saturated heterocycles. The molecule has 0 spiro atoms. The zero-order chi connectivity index (χ0) is 70.0. The first kappa shape index (κ1) is 61.4. The van der Waals surface area contributed by atoms with Gasteiger partial charge in [0.25, 0.3) is 0 Å². The lowest BCUT2D eigenvalue weighted by molar-refractivity contribution is 0.953. The first-order chi connectivity index (χ1) is 52.6. The van der Waals surface area contributed by atoms with E-state index in [0.29, 0.717) is 35.1 Å². The molecule has 0 unspecified atom stereocenters. The Kier molecular flexibility index (Phi) is 15.0. The molecule has 496 valence electrons. The van der Waals surface area contributed by atoms with Gasteiger partial charge < -0.3 is 13.7 Å². The summed E-state index contributed by atoms with van der Waals surface area (Å²) in [6.07, 6.45) is 0. The molecule has 0 amide bonds. The zero-order valence-electron chi connectivity index (χ0n) is 57.3. The molecule has 0 radical (unpaired) electrons.